The van der Waals surface area contributed by atoms with Gasteiger partial charge in [-0.3, -0.25) is 9.59 Å². The summed E-state index contributed by atoms with van der Waals surface area (Å²) in [4.78, 5) is 23.2. The fourth-order valence-electron chi connectivity index (χ4n) is 2.20. The van der Waals surface area contributed by atoms with Crippen LogP contribution < -0.4 is 0 Å². The van der Waals surface area contributed by atoms with E-state index in [0.717, 1.165) is 0 Å². The number of carbonyl (C=O) groups excluding carboxylic acids is 1. The van der Waals surface area contributed by atoms with E-state index in [9.17, 15) is 14.7 Å². The maximum Gasteiger partial charge on any atom is 0.306 e. The van der Waals surface area contributed by atoms with Gasteiger partial charge in [0.1, 0.15) is 6.54 Å². The topological polar surface area (TPSA) is 74.6 Å². The summed E-state index contributed by atoms with van der Waals surface area (Å²) < 4.78 is 0.343. The Kier molecular flexibility index (Phi) is 6.84. The van der Waals surface area contributed by atoms with Crippen molar-refractivity contribution < 1.29 is 24.3 Å². The van der Waals surface area contributed by atoms with E-state index < -0.39 is 18.0 Å². The lowest BCUT2D eigenvalue weighted by molar-refractivity contribution is -0.875. The zero-order valence-electron chi connectivity index (χ0n) is 13.6. The molecule has 2 unspecified atom stereocenters. The van der Waals surface area contributed by atoms with E-state index in [1.807, 2.05) is 21.1 Å². The average molecular weight is 288 g/mol. The number of rotatable bonds is 9. The SMILES string of the molecule is CC(C)C(C)CCC(=O)C(O)(CC(=O)O)C[N+](C)(C)C. The molecule has 20 heavy (non-hydrogen) atoms. The highest BCUT2D eigenvalue weighted by Crippen LogP contribution is 2.22. The second kappa shape index (κ2) is 7.18. The summed E-state index contributed by atoms with van der Waals surface area (Å²) in [5.74, 6) is -0.669. The molecule has 0 fully saturated rings. The van der Waals surface area contributed by atoms with Crippen LogP contribution in [0.25, 0.3) is 0 Å². The van der Waals surface area contributed by atoms with Crippen molar-refractivity contribution in [2.75, 3.05) is 27.7 Å². The van der Waals surface area contributed by atoms with E-state index in [1.165, 1.54) is 0 Å². The highest BCUT2D eigenvalue weighted by atomic mass is 16.4. The number of ketones is 1. The smallest absolute Gasteiger partial charge is 0.306 e. The Labute approximate surface area is 122 Å². The molecule has 118 valence electrons. The van der Waals surface area contributed by atoms with Crippen molar-refractivity contribution in [3.05, 3.63) is 0 Å². The number of quaternary nitrogens is 1. The Morgan fingerprint density at radius 3 is 2.00 bits per heavy atom. The van der Waals surface area contributed by atoms with Gasteiger partial charge < -0.3 is 14.7 Å². The van der Waals surface area contributed by atoms with Gasteiger partial charge in [0.25, 0.3) is 0 Å². The van der Waals surface area contributed by atoms with Gasteiger partial charge in [-0.25, -0.2) is 0 Å². The number of carboxylic acids is 1. The fraction of sp³-hybridized carbons (Fsp3) is 0.867. The molecule has 0 radical (unpaired) electrons. The molecule has 5 nitrogen and oxygen atoms in total. The number of likely N-dealkylation sites (N-methyl/N-ethyl adjacent to an activating group) is 1. The predicted octanol–water partition coefficient (Wildman–Crippen LogP) is 1.54. The molecule has 0 aromatic rings. The van der Waals surface area contributed by atoms with Gasteiger partial charge >= 0.3 is 5.97 Å². The molecule has 0 saturated heterocycles. The van der Waals surface area contributed by atoms with Gasteiger partial charge in [0, 0.05) is 6.42 Å². The minimum absolute atomic E-state index is 0.105. The maximum absolute atomic E-state index is 12.3. The highest BCUT2D eigenvalue weighted by Gasteiger charge is 2.42. The van der Waals surface area contributed by atoms with Gasteiger partial charge in [0.15, 0.2) is 11.4 Å². The van der Waals surface area contributed by atoms with E-state index in [2.05, 4.69) is 20.8 Å². The molecule has 0 aromatic carbocycles. The summed E-state index contributed by atoms with van der Waals surface area (Å²) in [6, 6.07) is 0. The summed E-state index contributed by atoms with van der Waals surface area (Å²) in [5, 5.41) is 19.4. The van der Waals surface area contributed by atoms with Gasteiger partial charge in [0.05, 0.1) is 27.6 Å². The molecule has 5 heteroatoms. The van der Waals surface area contributed by atoms with Crippen LogP contribution >= 0.6 is 0 Å². The number of carboxylic acid groups (broad SMARTS) is 1. The third-order valence-corrected chi connectivity index (χ3v) is 3.66. The Morgan fingerprint density at radius 1 is 1.15 bits per heavy atom. The molecule has 0 aliphatic rings. The van der Waals surface area contributed by atoms with Crippen LogP contribution in [0.2, 0.25) is 0 Å². The van der Waals surface area contributed by atoms with Crippen molar-refractivity contribution in [3.63, 3.8) is 0 Å². The van der Waals surface area contributed by atoms with Crippen molar-refractivity contribution in [2.24, 2.45) is 11.8 Å². The average Bonchev–Trinajstić information content (AvgIpc) is 2.20. The Hall–Kier alpha value is -0.940. The number of hydrogen-bond acceptors (Lipinski definition) is 3. The van der Waals surface area contributed by atoms with Gasteiger partial charge in [-0.05, 0) is 18.3 Å². The van der Waals surface area contributed by atoms with E-state index in [1.54, 1.807) is 0 Å². The number of hydrogen-bond donors (Lipinski definition) is 2. The Bertz CT molecular complexity index is 346. The largest absolute Gasteiger partial charge is 0.481 e. The fourth-order valence-corrected chi connectivity index (χ4v) is 2.20. The van der Waals surface area contributed by atoms with Crippen molar-refractivity contribution >= 4 is 11.8 Å². The maximum atomic E-state index is 12.3. The van der Waals surface area contributed by atoms with E-state index in [0.29, 0.717) is 22.7 Å². The number of aliphatic hydroxyl groups is 1. The van der Waals surface area contributed by atoms with Gasteiger partial charge in [-0.2, -0.15) is 0 Å². The van der Waals surface area contributed by atoms with Crippen LogP contribution in [0.3, 0.4) is 0 Å². The van der Waals surface area contributed by atoms with Gasteiger partial charge in [-0.1, -0.05) is 20.8 Å². The molecule has 0 heterocycles. The van der Waals surface area contributed by atoms with Crippen molar-refractivity contribution in [1.29, 1.82) is 0 Å². The number of nitrogens with zero attached hydrogens (tertiary/aromatic N) is 1. The first-order valence-corrected chi connectivity index (χ1v) is 7.15. The van der Waals surface area contributed by atoms with E-state index in [-0.39, 0.29) is 18.7 Å². The minimum atomic E-state index is -1.78. The van der Waals surface area contributed by atoms with Crippen LogP contribution in [-0.4, -0.2) is 59.7 Å². The third kappa shape index (κ3) is 7.01. The normalized spacial score (nSPS) is 16.8. The molecule has 0 saturated carbocycles. The lowest BCUT2D eigenvalue weighted by Crippen LogP contribution is -2.54. The Morgan fingerprint density at radius 2 is 1.65 bits per heavy atom. The lowest BCUT2D eigenvalue weighted by Gasteiger charge is -2.34. The van der Waals surface area contributed by atoms with Crippen LogP contribution in [0.1, 0.15) is 40.0 Å². The van der Waals surface area contributed by atoms with Crippen molar-refractivity contribution in [3.8, 4) is 0 Å². The molecule has 0 aromatic heterocycles. The van der Waals surface area contributed by atoms with Crippen LogP contribution in [0, 0.1) is 11.8 Å². The number of carbonyl (C=O) groups is 2. The summed E-state index contributed by atoms with van der Waals surface area (Å²) in [6.07, 6.45) is 0.371. The zero-order chi connectivity index (χ0) is 16.1. The monoisotopic (exact) mass is 288 g/mol. The van der Waals surface area contributed by atoms with Gasteiger partial charge in [-0.15, -0.1) is 0 Å². The molecule has 0 amide bonds. The Balaban J connectivity index is 4.85. The first kappa shape index (κ1) is 19.1. The van der Waals surface area contributed by atoms with Crippen molar-refractivity contribution in [1.82, 2.24) is 0 Å². The molecular weight excluding hydrogens is 258 g/mol. The van der Waals surface area contributed by atoms with Crippen LogP contribution in [-0.2, 0) is 9.59 Å². The number of aliphatic carboxylic acids is 1. The molecule has 0 aliphatic carbocycles. The van der Waals surface area contributed by atoms with Gasteiger partial charge in [0.2, 0.25) is 0 Å². The molecule has 2 N–H and O–H groups in total. The second-order valence-corrected chi connectivity index (χ2v) is 7.23. The quantitative estimate of drug-likeness (QED) is 0.631. The zero-order valence-corrected chi connectivity index (χ0v) is 13.6. The first-order chi connectivity index (χ1) is 8.87. The highest BCUT2D eigenvalue weighted by molar-refractivity contribution is 5.91. The van der Waals surface area contributed by atoms with Crippen LogP contribution in [0.5, 0.6) is 0 Å². The molecule has 0 bridgehead atoms. The molecule has 0 spiro atoms. The molecule has 0 aliphatic heterocycles. The first-order valence-electron chi connectivity index (χ1n) is 7.15. The molecule has 2 atom stereocenters. The number of Topliss-reactive ketones (excluding diaryl/α,β-unsaturated/α-hetero) is 1. The minimum Gasteiger partial charge on any atom is -0.481 e. The molecule has 0 rings (SSSR count). The second-order valence-electron chi connectivity index (χ2n) is 7.23. The summed E-state index contributed by atoms with van der Waals surface area (Å²) in [5.41, 5.74) is -1.78. The summed E-state index contributed by atoms with van der Waals surface area (Å²) >= 11 is 0. The standard InChI is InChI=1S/C15H29NO4/c1-11(2)12(3)7-8-13(17)15(20,9-14(18)19)10-16(4,5)6/h11-12,20H,7-10H2,1-6H3/p+1. The summed E-state index contributed by atoms with van der Waals surface area (Å²) in [7, 11) is 5.49. The van der Waals surface area contributed by atoms with E-state index in [4.69, 9.17) is 5.11 Å². The predicted molar refractivity (Wildman–Crippen MR) is 78.3 cm³/mol. The van der Waals surface area contributed by atoms with Crippen molar-refractivity contribution in [2.45, 2.75) is 45.6 Å². The lowest BCUT2D eigenvalue weighted by atomic mass is 9.86. The van der Waals surface area contributed by atoms with Crippen LogP contribution in [0.4, 0.5) is 0 Å². The van der Waals surface area contributed by atoms with Crippen LogP contribution in [0.15, 0.2) is 0 Å². The summed E-state index contributed by atoms with van der Waals surface area (Å²) in [6.45, 7) is 6.34. The van der Waals surface area contributed by atoms with E-state index >= 15 is 0 Å². The molecular formula is C15H30NO4+. The third-order valence-electron chi connectivity index (χ3n) is 3.66.